The van der Waals surface area contributed by atoms with E-state index in [1.165, 1.54) is 5.01 Å². The molecule has 96 valence electrons. The third-order valence-corrected chi connectivity index (χ3v) is 2.93. The first-order valence-electron chi connectivity index (χ1n) is 5.82. The van der Waals surface area contributed by atoms with E-state index in [1.54, 1.807) is 31.4 Å². The van der Waals surface area contributed by atoms with E-state index < -0.39 is 17.7 Å². The van der Waals surface area contributed by atoms with Crippen molar-refractivity contribution < 1.29 is 14.3 Å². The molecule has 18 heavy (non-hydrogen) atoms. The number of carbonyl (C=O) groups excluding carboxylic acids is 2. The van der Waals surface area contributed by atoms with Crippen molar-refractivity contribution in [1.82, 2.24) is 10.4 Å². The van der Waals surface area contributed by atoms with Crippen LogP contribution in [0.25, 0.3) is 0 Å². The summed E-state index contributed by atoms with van der Waals surface area (Å²) in [6.07, 6.45) is 0. The maximum Gasteiger partial charge on any atom is 0.306 e. The van der Waals surface area contributed by atoms with E-state index in [0.29, 0.717) is 0 Å². The fourth-order valence-electron chi connectivity index (χ4n) is 1.90. The number of amides is 1. The van der Waals surface area contributed by atoms with Gasteiger partial charge in [0, 0.05) is 6.04 Å². The zero-order chi connectivity index (χ0) is 13.3. The lowest BCUT2D eigenvalue weighted by Gasteiger charge is -2.20. The second kappa shape index (κ2) is 4.78. The average Bonchev–Trinajstić information content (AvgIpc) is 2.67. The van der Waals surface area contributed by atoms with Gasteiger partial charge in [-0.25, -0.2) is 5.43 Å². The van der Waals surface area contributed by atoms with Crippen LogP contribution in [-0.2, 0) is 9.59 Å². The van der Waals surface area contributed by atoms with Gasteiger partial charge in [-0.3, -0.25) is 14.6 Å². The van der Waals surface area contributed by atoms with Gasteiger partial charge in [-0.15, -0.1) is 0 Å². The van der Waals surface area contributed by atoms with Crippen LogP contribution in [0.5, 0.6) is 5.75 Å². The molecule has 0 spiro atoms. The molecule has 1 heterocycles. The van der Waals surface area contributed by atoms with Crippen molar-refractivity contribution in [3.8, 4) is 5.75 Å². The summed E-state index contributed by atoms with van der Waals surface area (Å²) in [5.41, 5.74) is 3.70. The largest absolute Gasteiger partial charge is 0.497 e. The highest BCUT2D eigenvalue weighted by atomic mass is 16.5. The first-order chi connectivity index (χ1) is 8.54. The van der Waals surface area contributed by atoms with E-state index >= 15 is 0 Å². The van der Waals surface area contributed by atoms with Crippen molar-refractivity contribution >= 4 is 11.7 Å². The van der Waals surface area contributed by atoms with E-state index in [2.05, 4.69) is 5.43 Å². The molecule has 1 amide bonds. The smallest absolute Gasteiger partial charge is 0.306 e. The minimum absolute atomic E-state index is 0.0512. The number of Topliss-reactive ketones (excluding diaryl/α,β-unsaturated/α-hetero) is 1. The summed E-state index contributed by atoms with van der Waals surface area (Å²) in [4.78, 5) is 23.6. The Balaban J connectivity index is 2.23. The normalized spacial score (nSPS) is 19.8. The van der Waals surface area contributed by atoms with Gasteiger partial charge in [0.05, 0.1) is 7.11 Å². The lowest BCUT2D eigenvalue weighted by atomic mass is 10.0. The summed E-state index contributed by atoms with van der Waals surface area (Å²) < 4.78 is 5.06. The zero-order valence-electron chi connectivity index (χ0n) is 10.6. The number of ketones is 1. The van der Waals surface area contributed by atoms with E-state index in [4.69, 9.17) is 4.74 Å². The molecule has 0 radical (unpaired) electrons. The Morgan fingerprint density at radius 1 is 1.22 bits per heavy atom. The average molecular weight is 248 g/mol. The fourth-order valence-corrected chi connectivity index (χ4v) is 1.90. The standard InChI is InChI=1S/C13H16N2O3/c1-8(2)15-13(17)12(16)11(14-15)9-4-6-10(18-3)7-5-9/h4-8,11,14H,1-3H3. The van der Waals surface area contributed by atoms with E-state index in [1.807, 2.05) is 13.8 Å². The van der Waals surface area contributed by atoms with Crippen molar-refractivity contribution in [1.29, 1.82) is 0 Å². The number of methoxy groups -OCH3 is 1. The van der Waals surface area contributed by atoms with Crippen molar-refractivity contribution in [3.63, 3.8) is 0 Å². The lowest BCUT2D eigenvalue weighted by molar-refractivity contribution is -0.141. The molecule has 5 nitrogen and oxygen atoms in total. The van der Waals surface area contributed by atoms with Crippen LogP contribution in [0, 0.1) is 0 Å². The van der Waals surface area contributed by atoms with Crippen LogP contribution in [-0.4, -0.2) is 29.9 Å². The Kier molecular flexibility index (Phi) is 3.34. The first kappa shape index (κ1) is 12.6. The third kappa shape index (κ3) is 2.09. The van der Waals surface area contributed by atoms with Crippen molar-refractivity contribution in [2.75, 3.05) is 7.11 Å². The first-order valence-corrected chi connectivity index (χ1v) is 5.82. The molecule has 1 aromatic rings. The summed E-state index contributed by atoms with van der Waals surface area (Å²) in [7, 11) is 1.58. The van der Waals surface area contributed by atoms with Crippen LogP contribution in [0.15, 0.2) is 24.3 Å². The summed E-state index contributed by atoms with van der Waals surface area (Å²) in [6, 6.07) is 6.46. The molecule has 1 N–H and O–H groups in total. The van der Waals surface area contributed by atoms with Crippen LogP contribution in [0.3, 0.4) is 0 Å². The topological polar surface area (TPSA) is 58.6 Å². The third-order valence-electron chi connectivity index (χ3n) is 2.93. The number of ether oxygens (including phenoxy) is 1. The Bertz CT molecular complexity index is 468. The predicted molar refractivity (Wildman–Crippen MR) is 65.9 cm³/mol. The molecule has 0 aliphatic carbocycles. The van der Waals surface area contributed by atoms with Crippen LogP contribution < -0.4 is 10.2 Å². The minimum atomic E-state index is -0.592. The highest BCUT2D eigenvalue weighted by Gasteiger charge is 2.40. The van der Waals surface area contributed by atoms with Crippen molar-refractivity contribution in [2.45, 2.75) is 25.9 Å². The Labute approximate surface area is 106 Å². The summed E-state index contributed by atoms with van der Waals surface area (Å²) in [5, 5.41) is 1.37. The van der Waals surface area contributed by atoms with Gasteiger partial charge in [-0.2, -0.15) is 0 Å². The molecule has 2 rings (SSSR count). The highest BCUT2D eigenvalue weighted by molar-refractivity contribution is 6.39. The molecule has 5 heteroatoms. The Hall–Kier alpha value is -1.88. The minimum Gasteiger partial charge on any atom is -0.497 e. The molecule has 1 aromatic carbocycles. The maximum absolute atomic E-state index is 11.9. The number of hydrogen-bond donors (Lipinski definition) is 1. The molecular formula is C13H16N2O3. The highest BCUT2D eigenvalue weighted by Crippen LogP contribution is 2.23. The number of rotatable bonds is 3. The van der Waals surface area contributed by atoms with Crippen LogP contribution in [0.1, 0.15) is 25.5 Å². The van der Waals surface area contributed by atoms with E-state index in [-0.39, 0.29) is 6.04 Å². The molecule has 1 atom stereocenters. The number of hydrazine groups is 1. The summed E-state index contributed by atoms with van der Waals surface area (Å²) >= 11 is 0. The van der Waals surface area contributed by atoms with E-state index in [0.717, 1.165) is 11.3 Å². The Morgan fingerprint density at radius 2 is 1.83 bits per heavy atom. The summed E-state index contributed by atoms with van der Waals surface area (Å²) in [6.45, 7) is 3.71. The van der Waals surface area contributed by atoms with Gasteiger partial charge in [-0.1, -0.05) is 12.1 Å². The van der Waals surface area contributed by atoms with E-state index in [9.17, 15) is 9.59 Å². The zero-order valence-corrected chi connectivity index (χ0v) is 10.6. The number of carbonyl (C=O) groups is 2. The fraction of sp³-hybridized carbons (Fsp3) is 0.385. The van der Waals surface area contributed by atoms with Crippen LogP contribution in [0.4, 0.5) is 0 Å². The van der Waals surface area contributed by atoms with Gasteiger partial charge in [0.25, 0.3) is 0 Å². The predicted octanol–water partition coefficient (Wildman–Crippen LogP) is 1.06. The van der Waals surface area contributed by atoms with Gasteiger partial charge in [0.15, 0.2) is 0 Å². The number of nitrogens with zero attached hydrogens (tertiary/aromatic N) is 1. The van der Waals surface area contributed by atoms with Gasteiger partial charge in [-0.05, 0) is 31.5 Å². The SMILES string of the molecule is COc1ccc(C2NN(C(C)C)C(=O)C2=O)cc1. The second-order valence-electron chi connectivity index (χ2n) is 4.47. The summed E-state index contributed by atoms with van der Waals surface area (Å²) in [5.74, 6) is -0.184. The second-order valence-corrected chi connectivity index (χ2v) is 4.47. The van der Waals surface area contributed by atoms with Crippen LogP contribution >= 0.6 is 0 Å². The molecular weight excluding hydrogens is 232 g/mol. The quantitative estimate of drug-likeness (QED) is 0.813. The lowest BCUT2D eigenvalue weighted by Crippen LogP contribution is -2.40. The molecule has 0 saturated carbocycles. The molecule has 0 aromatic heterocycles. The van der Waals surface area contributed by atoms with Crippen molar-refractivity contribution in [2.24, 2.45) is 0 Å². The maximum atomic E-state index is 11.9. The van der Waals surface area contributed by atoms with Gasteiger partial charge >= 0.3 is 5.91 Å². The molecule has 1 fully saturated rings. The molecule has 1 saturated heterocycles. The number of hydrogen-bond acceptors (Lipinski definition) is 4. The van der Waals surface area contributed by atoms with Gasteiger partial charge < -0.3 is 4.74 Å². The van der Waals surface area contributed by atoms with Crippen LogP contribution in [0.2, 0.25) is 0 Å². The molecule has 1 aliphatic heterocycles. The number of nitrogens with one attached hydrogen (secondary N) is 1. The molecule has 0 bridgehead atoms. The Morgan fingerprint density at radius 3 is 2.28 bits per heavy atom. The van der Waals surface area contributed by atoms with Gasteiger partial charge in [0.2, 0.25) is 5.78 Å². The molecule has 1 aliphatic rings. The van der Waals surface area contributed by atoms with Crippen molar-refractivity contribution in [3.05, 3.63) is 29.8 Å². The monoisotopic (exact) mass is 248 g/mol. The molecule has 1 unspecified atom stereocenters. The number of benzene rings is 1. The van der Waals surface area contributed by atoms with Gasteiger partial charge in [0.1, 0.15) is 11.8 Å².